The van der Waals surface area contributed by atoms with Crippen molar-refractivity contribution < 1.29 is 13.2 Å². The second-order valence-corrected chi connectivity index (χ2v) is 8.85. The topological polar surface area (TPSA) is 54.5 Å². The largest absolute Gasteiger partial charge is 0.300 e. The second kappa shape index (κ2) is 5.87. The number of hydrogen-bond donors (Lipinski definition) is 0. The van der Waals surface area contributed by atoms with Crippen LogP contribution in [0.1, 0.15) is 31.2 Å². The number of rotatable bonds is 4. The standard InChI is InChI=1S/C18H23NO3S/c1-3-9-18-12-16(20)11-15(18)8-10-19(13-18)23(21,22)17-6-4-14(2)5-7-17/h3-7,15H,1,8-13H2,2H3/t15-,18-/m0/s1. The van der Waals surface area contributed by atoms with Gasteiger partial charge in [-0.2, -0.15) is 4.31 Å². The summed E-state index contributed by atoms with van der Waals surface area (Å²) in [6, 6.07) is 6.96. The van der Waals surface area contributed by atoms with E-state index < -0.39 is 10.0 Å². The molecule has 2 aliphatic rings. The number of piperidine rings is 1. The van der Waals surface area contributed by atoms with Gasteiger partial charge in [0.1, 0.15) is 5.78 Å². The first kappa shape index (κ1) is 16.4. The summed E-state index contributed by atoms with van der Waals surface area (Å²) in [7, 11) is -3.50. The van der Waals surface area contributed by atoms with Crippen LogP contribution >= 0.6 is 0 Å². The Morgan fingerprint density at radius 1 is 1.35 bits per heavy atom. The van der Waals surface area contributed by atoms with Crippen LogP contribution in [0.5, 0.6) is 0 Å². The molecule has 0 amide bonds. The van der Waals surface area contributed by atoms with Gasteiger partial charge in [-0.1, -0.05) is 23.8 Å². The van der Waals surface area contributed by atoms with Crippen molar-refractivity contribution >= 4 is 15.8 Å². The minimum atomic E-state index is -3.50. The lowest BCUT2D eigenvalue weighted by molar-refractivity contribution is -0.118. The Balaban J connectivity index is 1.90. The Hall–Kier alpha value is -1.46. The molecule has 1 aromatic rings. The van der Waals surface area contributed by atoms with Crippen molar-refractivity contribution in [3.05, 3.63) is 42.5 Å². The van der Waals surface area contributed by atoms with Gasteiger partial charge < -0.3 is 0 Å². The number of carbonyl (C=O) groups excluding carboxylic acids is 1. The molecule has 23 heavy (non-hydrogen) atoms. The van der Waals surface area contributed by atoms with Crippen LogP contribution in [0.3, 0.4) is 0 Å². The highest BCUT2D eigenvalue weighted by Gasteiger charge is 2.51. The lowest BCUT2D eigenvalue weighted by Crippen LogP contribution is -2.48. The Bertz CT molecular complexity index is 723. The Morgan fingerprint density at radius 2 is 2.04 bits per heavy atom. The van der Waals surface area contributed by atoms with Gasteiger partial charge >= 0.3 is 0 Å². The van der Waals surface area contributed by atoms with Crippen LogP contribution < -0.4 is 0 Å². The van der Waals surface area contributed by atoms with Gasteiger partial charge in [0.05, 0.1) is 4.90 Å². The van der Waals surface area contributed by atoms with Crippen LogP contribution in [0.2, 0.25) is 0 Å². The maximum atomic E-state index is 12.9. The van der Waals surface area contributed by atoms with Crippen molar-refractivity contribution in [1.29, 1.82) is 0 Å². The molecule has 1 heterocycles. The Kier molecular flexibility index (Phi) is 4.19. The SMILES string of the molecule is C=CC[C@@]12CC(=O)C[C@@H]1CCN(S(=O)(=O)c1ccc(C)cc1)C2. The van der Waals surface area contributed by atoms with Gasteiger partial charge in [-0.25, -0.2) is 8.42 Å². The van der Waals surface area contributed by atoms with Crippen LogP contribution in [0.25, 0.3) is 0 Å². The number of ketones is 1. The zero-order chi connectivity index (χ0) is 16.7. The van der Waals surface area contributed by atoms with E-state index in [0.717, 1.165) is 12.0 Å². The minimum Gasteiger partial charge on any atom is -0.300 e. The predicted octanol–water partition coefficient (Wildman–Crippen LogP) is 2.93. The average Bonchev–Trinajstić information content (AvgIpc) is 2.82. The van der Waals surface area contributed by atoms with Gasteiger partial charge in [-0.3, -0.25) is 4.79 Å². The molecule has 2 atom stereocenters. The summed E-state index contributed by atoms with van der Waals surface area (Å²) in [4.78, 5) is 12.3. The number of hydrogen-bond acceptors (Lipinski definition) is 3. The van der Waals surface area contributed by atoms with Crippen molar-refractivity contribution in [2.45, 2.75) is 37.5 Å². The summed E-state index contributed by atoms with van der Waals surface area (Å²) < 4.78 is 27.4. The van der Waals surface area contributed by atoms with Crippen molar-refractivity contribution in [2.24, 2.45) is 11.3 Å². The molecule has 0 aromatic heterocycles. The molecule has 1 aromatic carbocycles. The summed E-state index contributed by atoms with van der Waals surface area (Å²) in [5.74, 6) is 0.545. The fourth-order valence-electron chi connectivity index (χ4n) is 4.08. The number of allylic oxidation sites excluding steroid dienone is 1. The highest BCUT2D eigenvalue weighted by molar-refractivity contribution is 7.89. The third kappa shape index (κ3) is 2.88. The van der Waals surface area contributed by atoms with Crippen molar-refractivity contribution in [3.63, 3.8) is 0 Å². The maximum absolute atomic E-state index is 12.9. The molecule has 0 bridgehead atoms. The predicted molar refractivity (Wildman–Crippen MR) is 89.5 cm³/mol. The lowest BCUT2D eigenvalue weighted by atomic mass is 9.71. The van der Waals surface area contributed by atoms with Gasteiger partial charge in [-0.05, 0) is 43.2 Å². The fourth-order valence-corrected chi connectivity index (χ4v) is 5.63. The molecule has 4 nitrogen and oxygen atoms in total. The van der Waals surface area contributed by atoms with Gasteiger partial charge in [0.2, 0.25) is 10.0 Å². The number of carbonyl (C=O) groups is 1. The quantitative estimate of drug-likeness (QED) is 0.796. The van der Waals surface area contributed by atoms with E-state index in [1.807, 2.05) is 25.1 Å². The van der Waals surface area contributed by atoms with E-state index in [2.05, 4.69) is 6.58 Å². The number of Topliss-reactive ketones (excluding diaryl/α,β-unsaturated/α-hetero) is 1. The Labute approximate surface area is 138 Å². The molecule has 5 heteroatoms. The first-order valence-electron chi connectivity index (χ1n) is 8.07. The molecule has 0 N–H and O–H groups in total. The summed E-state index contributed by atoms with van der Waals surface area (Å²) in [5, 5.41) is 0. The van der Waals surface area contributed by atoms with Gasteiger partial charge in [-0.15, -0.1) is 6.58 Å². The van der Waals surface area contributed by atoms with Crippen molar-refractivity contribution in [1.82, 2.24) is 4.31 Å². The van der Waals surface area contributed by atoms with E-state index >= 15 is 0 Å². The normalized spacial score (nSPS) is 28.6. The molecule has 2 fully saturated rings. The van der Waals surface area contributed by atoms with Gasteiger partial charge in [0.15, 0.2) is 0 Å². The molecule has 0 spiro atoms. The summed E-state index contributed by atoms with van der Waals surface area (Å²) in [6.07, 6.45) is 4.34. The number of aryl methyl sites for hydroxylation is 1. The highest BCUT2D eigenvalue weighted by atomic mass is 32.2. The molecule has 0 radical (unpaired) electrons. The van der Waals surface area contributed by atoms with Crippen LogP contribution in [0, 0.1) is 18.3 Å². The third-order valence-electron chi connectivity index (χ3n) is 5.32. The first-order chi connectivity index (χ1) is 10.9. The minimum absolute atomic E-state index is 0.255. The zero-order valence-corrected chi connectivity index (χ0v) is 14.3. The summed E-state index contributed by atoms with van der Waals surface area (Å²) >= 11 is 0. The average molecular weight is 333 g/mol. The van der Waals surface area contributed by atoms with Crippen LogP contribution in [0.15, 0.2) is 41.8 Å². The molecular formula is C18H23NO3S. The molecule has 1 saturated carbocycles. The highest BCUT2D eigenvalue weighted by Crippen LogP contribution is 2.50. The summed E-state index contributed by atoms with van der Waals surface area (Å²) in [6.45, 7) is 6.66. The molecular weight excluding hydrogens is 310 g/mol. The lowest BCUT2D eigenvalue weighted by Gasteiger charge is -2.43. The molecule has 1 aliphatic heterocycles. The number of sulfonamides is 1. The smallest absolute Gasteiger partial charge is 0.243 e. The van der Waals surface area contributed by atoms with Crippen LogP contribution in [-0.2, 0) is 14.8 Å². The fraction of sp³-hybridized carbons (Fsp3) is 0.500. The molecule has 1 aliphatic carbocycles. The van der Waals surface area contributed by atoms with E-state index in [4.69, 9.17) is 0 Å². The molecule has 124 valence electrons. The number of benzene rings is 1. The molecule has 0 unspecified atom stereocenters. The van der Waals surface area contributed by atoms with Crippen LogP contribution in [0.4, 0.5) is 0 Å². The maximum Gasteiger partial charge on any atom is 0.243 e. The molecule has 1 saturated heterocycles. The van der Waals surface area contributed by atoms with Gasteiger partial charge in [0.25, 0.3) is 0 Å². The van der Waals surface area contributed by atoms with E-state index in [9.17, 15) is 13.2 Å². The monoisotopic (exact) mass is 333 g/mol. The first-order valence-corrected chi connectivity index (χ1v) is 9.51. The van der Waals surface area contributed by atoms with E-state index in [0.29, 0.717) is 37.2 Å². The van der Waals surface area contributed by atoms with Crippen molar-refractivity contribution in [3.8, 4) is 0 Å². The number of fused-ring (bicyclic) bond motifs is 1. The van der Waals surface area contributed by atoms with E-state index in [1.54, 1.807) is 16.4 Å². The van der Waals surface area contributed by atoms with Gasteiger partial charge in [0, 0.05) is 25.9 Å². The zero-order valence-electron chi connectivity index (χ0n) is 13.5. The number of nitrogens with zero attached hydrogens (tertiary/aromatic N) is 1. The van der Waals surface area contributed by atoms with Crippen molar-refractivity contribution in [2.75, 3.05) is 13.1 Å². The van der Waals surface area contributed by atoms with E-state index in [-0.39, 0.29) is 17.1 Å². The summed E-state index contributed by atoms with van der Waals surface area (Å²) in [5.41, 5.74) is 0.779. The Morgan fingerprint density at radius 3 is 2.70 bits per heavy atom. The van der Waals surface area contributed by atoms with Crippen LogP contribution in [-0.4, -0.2) is 31.6 Å². The van der Waals surface area contributed by atoms with E-state index in [1.165, 1.54) is 0 Å². The second-order valence-electron chi connectivity index (χ2n) is 6.91. The third-order valence-corrected chi connectivity index (χ3v) is 7.18. The molecule has 3 rings (SSSR count).